The Morgan fingerprint density at radius 2 is 2.00 bits per heavy atom. The zero-order valence-corrected chi connectivity index (χ0v) is 7.69. The molecule has 0 aliphatic heterocycles. The molecule has 2 heteroatoms. The summed E-state index contributed by atoms with van der Waals surface area (Å²) in [7, 11) is 0. The van der Waals surface area contributed by atoms with Crippen molar-refractivity contribution in [3.8, 4) is 0 Å². The first-order valence-corrected chi connectivity index (χ1v) is 4.73. The highest BCUT2D eigenvalue weighted by atomic mass is 15.0. The summed E-state index contributed by atoms with van der Waals surface area (Å²) in [5.41, 5.74) is 0. The largest absolute Gasteiger partial charge is 0.315 e. The molecule has 0 aromatic rings. The Morgan fingerprint density at radius 1 is 1.27 bits per heavy atom. The summed E-state index contributed by atoms with van der Waals surface area (Å²) in [6.07, 6.45) is 2.79. The zero-order valence-electron chi connectivity index (χ0n) is 7.69. The van der Waals surface area contributed by atoms with Crippen molar-refractivity contribution in [1.29, 1.82) is 0 Å². The van der Waals surface area contributed by atoms with Crippen molar-refractivity contribution in [3.05, 3.63) is 0 Å². The molecule has 0 aromatic heterocycles. The first kappa shape index (κ1) is 9.01. The molecule has 1 fully saturated rings. The lowest BCUT2D eigenvalue weighted by Crippen LogP contribution is -2.30. The number of hydrogen-bond acceptors (Lipinski definition) is 2. The van der Waals surface area contributed by atoms with Crippen LogP contribution in [0.25, 0.3) is 0 Å². The molecule has 0 spiro atoms. The van der Waals surface area contributed by atoms with E-state index in [4.69, 9.17) is 0 Å². The van der Waals surface area contributed by atoms with Crippen molar-refractivity contribution in [2.75, 3.05) is 19.6 Å². The van der Waals surface area contributed by atoms with Crippen LogP contribution in [-0.2, 0) is 0 Å². The number of hydrogen-bond donors (Lipinski definition) is 2. The van der Waals surface area contributed by atoms with Crippen LogP contribution in [0.15, 0.2) is 0 Å². The van der Waals surface area contributed by atoms with Gasteiger partial charge in [-0.3, -0.25) is 0 Å². The van der Waals surface area contributed by atoms with E-state index in [-0.39, 0.29) is 0 Å². The van der Waals surface area contributed by atoms with E-state index in [1.54, 1.807) is 0 Å². The van der Waals surface area contributed by atoms with Crippen molar-refractivity contribution in [1.82, 2.24) is 10.6 Å². The summed E-state index contributed by atoms with van der Waals surface area (Å²) < 4.78 is 0. The fourth-order valence-corrected chi connectivity index (χ4v) is 1.04. The maximum absolute atomic E-state index is 3.47. The van der Waals surface area contributed by atoms with Gasteiger partial charge in [-0.25, -0.2) is 0 Å². The lowest BCUT2D eigenvalue weighted by atomic mass is 10.2. The van der Waals surface area contributed by atoms with E-state index in [0.29, 0.717) is 0 Å². The first-order valence-electron chi connectivity index (χ1n) is 4.73. The van der Waals surface area contributed by atoms with Crippen LogP contribution in [0, 0.1) is 5.92 Å². The quantitative estimate of drug-likeness (QED) is 0.560. The lowest BCUT2D eigenvalue weighted by Gasteiger charge is -2.07. The van der Waals surface area contributed by atoms with Gasteiger partial charge in [0.05, 0.1) is 0 Å². The van der Waals surface area contributed by atoms with Crippen LogP contribution < -0.4 is 10.6 Å². The highest BCUT2D eigenvalue weighted by Crippen LogP contribution is 2.17. The van der Waals surface area contributed by atoms with Gasteiger partial charge in [-0.2, -0.15) is 0 Å². The van der Waals surface area contributed by atoms with Crippen molar-refractivity contribution in [3.63, 3.8) is 0 Å². The summed E-state index contributed by atoms with van der Waals surface area (Å²) in [6.45, 7) is 7.88. The van der Waals surface area contributed by atoms with Crippen LogP contribution in [0.4, 0.5) is 0 Å². The van der Waals surface area contributed by atoms with E-state index < -0.39 is 0 Å². The predicted octanol–water partition coefficient (Wildman–Crippen LogP) is 0.984. The molecule has 1 aliphatic carbocycles. The monoisotopic (exact) mass is 156 g/mol. The maximum atomic E-state index is 3.47. The molecule has 0 heterocycles. The van der Waals surface area contributed by atoms with E-state index in [1.807, 2.05) is 0 Å². The third-order valence-electron chi connectivity index (χ3n) is 1.86. The third-order valence-corrected chi connectivity index (χ3v) is 1.86. The van der Waals surface area contributed by atoms with Gasteiger partial charge >= 0.3 is 0 Å². The van der Waals surface area contributed by atoms with Crippen LogP contribution in [0.1, 0.15) is 26.7 Å². The normalized spacial score (nSPS) is 17.7. The topological polar surface area (TPSA) is 24.1 Å². The molecule has 1 aliphatic rings. The highest BCUT2D eigenvalue weighted by Gasteiger charge is 2.19. The van der Waals surface area contributed by atoms with Crippen LogP contribution in [-0.4, -0.2) is 25.7 Å². The molecule has 0 atom stereocenters. The van der Waals surface area contributed by atoms with Crippen molar-refractivity contribution in [2.24, 2.45) is 5.92 Å². The standard InChI is InChI=1S/C9H20N2/c1-8(2)7-10-5-6-11-9-3-4-9/h8-11H,3-7H2,1-2H3. The minimum atomic E-state index is 0.774. The molecular formula is C9H20N2. The second-order valence-electron chi connectivity index (χ2n) is 3.83. The minimum Gasteiger partial charge on any atom is -0.315 e. The molecule has 0 saturated heterocycles. The van der Waals surface area contributed by atoms with E-state index in [1.165, 1.54) is 12.8 Å². The molecule has 1 rings (SSSR count). The second-order valence-corrected chi connectivity index (χ2v) is 3.83. The average molecular weight is 156 g/mol. The first-order chi connectivity index (χ1) is 5.29. The van der Waals surface area contributed by atoms with Crippen molar-refractivity contribution in [2.45, 2.75) is 32.7 Å². The molecule has 0 unspecified atom stereocenters. The smallest absolute Gasteiger partial charge is 0.00793 e. The SMILES string of the molecule is CC(C)CNCCNC1CC1. The molecule has 0 aromatic carbocycles. The minimum absolute atomic E-state index is 0.774. The lowest BCUT2D eigenvalue weighted by molar-refractivity contribution is 0.535. The summed E-state index contributed by atoms with van der Waals surface area (Å²) in [5.74, 6) is 0.774. The Bertz CT molecular complexity index is 93.7. The van der Waals surface area contributed by atoms with Crippen LogP contribution in [0.3, 0.4) is 0 Å². The van der Waals surface area contributed by atoms with Crippen molar-refractivity contribution < 1.29 is 0 Å². The maximum Gasteiger partial charge on any atom is 0.00793 e. The predicted molar refractivity (Wildman–Crippen MR) is 48.7 cm³/mol. The van der Waals surface area contributed by atoms with Gasteiger partial charge in [0.1, 0.15) is 0 Å². The van der Waals surface area contributed by atoms with Gasteiger partial charge in [0.25, 0.3) is 0 Å². The van der Waals surface area contributed by atoms with Gasteiger partial charge < -0.3 is 10.6 Å². The summed E-state index contributed by atoms with van der Waals surface area (Å²) in [6, 6.07) is 0.857. The third kappa shape index (κ3) is 5.22. The highest BCUT2D eigenvalue weighted by molar-refractivity contribution is 4.80. The Balaban J connectivity index is 1.73. The summed E-state index contributed by atoms with van der Waals surface area (Å²) in [5, 5.41) is 6.87. The average Bonchev–Trinajstić information content (AvgIpc) is 2.70. The van der Waals surface area contributed by atoms with E-state index in [9.17, 15) is 0 Å². The zero-order chi connectivity index (χ0) is 8.10. The molecule has 0 radical (unpaired) electrons. The van der Waals surface area contributed by atoms with Gasteiger partial charge in [0.2, 0.25) is 0 Å². The molecule has 11 heavy (non-hydrogen) atoms. The van der Waals surface area contributed by atoms with Gasteiger partial charge in [0.15, 0.2) is 0 Å². The van der Waals surface area contributed by atoms with E-state index in [2.05, 4.69) is 24.5 Å². The molecule has 2 N–H and O–H groups in total. The number of rotatable bonds is 6. The fourth-order valence-electron chi connectivity index (χ4n) is 1.04. The van der Waals surface area contributed by atoms with Crippen LogP contribution >= 0.6 is 0 Å². The Morgan fingerprint density at radius 3 is 2.55 bits per heavy atom. The Kier molecular flexibility index (Phi) is 3.87. The van der Waals surface area contributed by atoms with Gasteiger partial charge in [-0.1, -0.05) is 13.8 Å². The molecule has 66 valence electrons. The van der Waals surface area contributed by atoms with E-state index >= 15 is 0 Å². The molecule has 2 nitrogen and oxygen atoms in total. The Labute approximate surface area is 69.8 Å². The summed E-state index contributed by atoms with van der Waals surface area (Å²) >= 11 is 0. The van der Waals surface area contributed by atoms with Gasteiger partial charge in [-0.05, 0) is 25.3 Å². The molecular weight excluding hydrogens is 136 g/mol. The Hall–Kier alpha value is -0.0800. The van der Waals surface area contributed by atoms with Crippen LogP contribution in [0.2, 0.25) is 0 Å². The molecule has 0 amide bonds. The number of nitrogens with one attached hydrogen (secondary N) is 2. The fraction of sp³-hybridized carbons (Fsp3) is 1.00. The van der Waals surface area contributed by atoms with Crippen LogP contribution in [0.5, 0.6) is 0 Å². The van der Waals surface area contributed by atoms with Gasteiger partial charge in [0, 0.05) is 19.1 Å². The molecule has 0 bridgehead atoms. The van der Waals surface area contributed by atoms with Crippen molar-refractivity contribution >= 4 is 0 Å². The molecule has 1 saturated carbocycles. The van der Waals surface area contributed by atoms with Gasteiger partial charge in [-0.15, -0.1) is 0 Å². The van der Waals surface area contributed by atoms with E-state index in [0.717, 1.165) is 31.6 Å². The summed E-state index contributed by atoms with van der Waals surface area (Å²) in [4.78, 5) is 0. The second kappa shape index (κ2) is 4.73.